The predicted octanol–water partition coefficient (Wildman–Crippen LogP) is 1.56. The Morgan fingerprint density at radius 3 is 2.18 bits per heavy atom. The number of hydrogen-bond acceptors (Lipinski definition) is 0. The standard InChI is InChI=1S/C13H9.C10H15.C7H5F.2ClH.Zr/c1-3-7-12-10(5-1)9-11-6-2-4-8-13(11)12;1-7(2)10-6-8(3)5-9(10)4;1-6-2-4-7(8)5-3-6;;;/h1-5,7-8H,9H2;6-8H,1-4H3;1-5H;2*1H;/q2*-1;;;;+2/p-2. The molecule has 0 bridgehead atoms. The monoisotopic (exact) mass is 568 g/mol. The minimum absolute atomic E-state index is 0. The fraction of sp³-hybridized carbons (Fsp3) is 0.233. The number of allylic oxidation sites excluding steroid dienone is 4. The molecule has 2 aliphatic carbocycles. The number of rotatable bonds is 2. The van der Waals surface area contributed by atoms with Crippen LogP contribution in [-0.2, 0) is 30.7 Å². The first kappa shape index (κ1) is 30.4. The summed E-state index contributed by atoms with van der Waals surface area (Å²) >= 11 is 1.34. The van der Waals surface area contributed by atoms with Gasteiger partial charge >= 0.3 is 68.0 Å². The second-order valence-corrected chi connectivity index (χ2v) is 9.14. The molecule has 0 amide bonds. The van der Waals surface area contributed by atoms with Crippen LogP contribution < -0.4 is 24.8 Å². The molecule has 0 saturated carbocycles. The summed E-state index contributed by atoms with van der Waals surface area (Å²) in [6, 6.07) is 24.6. The maximum Gasteiger partial charge on any atom is -0.0253 e. The van der Waals surface area contributed by atoms with Crippen LogP contribution >= 0.6 is 0 Å². The van der Waals surface area contributed by atoms with Gasteiger partial charge in [-0.2, -0.15) is 41.5 Å². The van der Waals surface area contributed by atoms with Crippen molar-refractivity contribution in [1.82, 2.24) is 0 Å². The van der Waals surface area contributed by atoms with Gasteiger partial charge in [-0.3, -0.25) is 6.08 Å². The maximum absolute atomic E-state index is 12.2. The van der Waals surface area contributed by atoms with Crippen molar-refractivity contribution in [3.63, 3.8) is 0 Å². The van der Waals surface area contributed by atoms with Gasteiger partial charge in [-0.05, 0) is 6.42 Å². The zero-order chi connectivity index (χ0) is 23.1. The van der Waals surface area contributed by atoms with Gasteiger partial charge in [-0.15, -0.1) is 5.56 Å². The Bertz CT molecular complexity index is 1090. The minimum atomic E-state index is -0.170. The zero-order valence-electron chi connectivity index (χ0n) is 20.0. The van der Waals surface area contributed by atoms with Crippen LogP contribution in [0.1, 0.15) is 44.4 Å². The molecule has 0 saturated heterocycles. The Labute approximate surface area is 231 Å². The molecule has 4 heteroatoms. The third kappa shape index (κ3) is 8.26. The Hall–Kier alpha value is -1.60. The molecule has 3 aromatic carbocycles. The second-order valence-electron chi connectivity index (χ2n) is 8.43. The van der Waals surface area contributed by atoms with Crippen LogP contribution in [0, 0.1) is 29.8 Å². The first-order valence-electron chi connectivity index (χ1n) is 11.0. The zero-order valence-corrected chi connectivity index (χ0v) is 24.0. The molecule has 0 nitrogen and oxygen atoms in total. The van der Waals surface area contributed by atoms with E-state index in [1.54, 1.807) is 12.1 Å². The number of fused-ring (bicyclic) bond motifs is 3. The molecule has 0 aromatic heterocycles. The van der Waals surface area contributed by atoms with Crippen molar-refractivity contribution in [3.05, 3.63) is 119 Å². The summed E-state index contributed by atoms with van der Waals surface area (Å²) in [6.45, 7) is 8.79. The van der Waals surface area contributed by atoms with E-state index in [1.807, 2.05) is 9.78 Å². The molecule has 0 aliphatic heterocycles. The number of halogens is 3. The van der Waals surface area contributed by atoms with Gasteiger partial charge in [0.25, 0.3) is 0 Å². The van der Waals surface area contributed by atoms with Crippen LogP contribution in [-0.4, -0.2) is 3.71 Å². The summed E-state index contributed by atoms with van der Waals surface area (Å²) in [5.74, 6) is 1.03. The van der Waals surface area contributed by atoms with Crippen LogP contribution in [0.3, 0.4) is 0 Å². The minimum Gasteiger partial charge on any atom is -1.00 e. The summed E-state index contributed by atoms with van der Waals surface area (Å²) < 4.78 is 14.2. The summed E-state index contributed by atoms with van der Waals surface area (Å²) in [5, 5.41) is 0. The Morgan fingerprint density at radius 1 is 0.971 bits per heavy atom. The molecule has 5 rings (SSSR count). The SMILES string of the molecule is CC1=[C-]C(C)C=C1C(C)C.Fc1ccc([CH]=[Zr+2])cc1.[Cl-].[Cl-].[c-]1cccc2c1Cc1ccccc1-2. The van der Waals surface area contributed by atoms with Crippen molar-refractivity contribution in [2.24, 2.45) is 11.8 Å². The molecule has 0 N–H and O–H groups in total. The quantitative estimate of drug-likeness (QED) is 0.321. The van der Waals surface area contributed by atoms with Gasteiger partial charge in [0.05, 0.1) is 0 Å². The molecule has 3 aromatic rings. The largest absolute Gasteiger partial charge is 1.00 e. The topological polar surface area (TPSA) is 0 Å². The first-order valence-corrected chi connectivity index (χ1v) is 12.5. The van der Waals surface area contributed by atoms with Gasteiger partial charge in [0.2, 0.25) is 0 Å². The molecule has 176 valence electrons. The van der Waals surface area contributed by atoms with Crippen LogP contribution in [0.15, 0.2) is 84.0 Å². The maximum atomic E-state index is 12.2. The van der Waals surface area contributed by atoms with E-state index >= 15 is 0 Å². The van der Waals surface area contributed by atoms with Crippen molar-refractivity contribution < 1.29 is 53.4 Å². The van der Waals surface area contributed by atoms with Crippen molar-refractivity contribution in [2.75, 3.05) is 0 Å². The van der Waals surface area contributed by atoms with Crippen LogP contribution in [0.5, 0.6) is 0 Å². The molecule has 0 heterocycles. The van der Waals surface area contributed by atoms with Crippen molar-refractivity contribution in [3.8, 4) is 11.1 Å². The predicted molar refractivity (Wildman–Crippen MR) is 130 cm³/mol. The van der Waals surface area contributed by atoms with Crippen LogP contribution in [0.2, 0.25) is 0 Å². The average Bonchev–Trinajstić information content (AvgIpc) is 3.34. The third-order valence-corrected chi connectivity index (χ3v) is 6.40. The van der Waals surface area contributed by atoms with Crippen LogP contribution in [0.4, 0.5) is 4.39 Å². The first-order chi connectivity index (χ1) is 15.4. The third-order valence-electron chi connectivity index (χ3n) is 5.58. The van der Waals surface area contributed by atoms with Crippen molar-refractivity contribution in [2.45, 2.75) is 34.1 Å². The average molecular weight is 571 g/mol. The normalized spacial score (nSPS) is 14.5. The molecule has 1 atom stereocenters. The van der Waals surface area contributed by atoms with E-state index in [-0.39, 0.29) is 30.6 Å². The fourth-order valence-corrected chi connectivity index (χ4v) is 4.52. The van der Waals surface area contributed by atoms with E-state index in [9.17, 15) is 4.39 Å². The summed E-state index contributed by atoms with van der Waals surface area (Å²) in [6.07, 6.45) is 6.73. The molecular weight excluding hydrogens is 541 g/mol. The Morgan fingerprint density at radius 2 is 1.62 bits per heavy atom. The summed E-state index contributed by atoms with van der Waals surface area (Å²) in [7, 11) is 0. The Kier molecular flexibility index (Phi) is 13.2. The number of hydrogen-bond donors (Lipinski definition) is 0. The molecule has 0 radical (unpaired) electrons. The summed E-state index contributed by atoms with van der Waals surface area (Å²) in [5.41, 5.74) is 9.43. The Balaban J connectivity index is 0.000000253. The fourth-order valence-electron chi connectivity index (χ4n) is 4.04. The van der Waals surface area contributed by atoms with Gasteiger partial charge in [0.15, 0.2) is 0 Å². The van der Waals surface area contributed by atoms with E-state index in [2.05, 4.69) is 82.3 Å². The van der Waals surface area contributed by atoms with Gasteiger partial charge < -0.3 is 24.8 Å². The number of benzene rings is 3. The summed E-state index contributed by atoms with van der Waals surface area (Å²) in [4.78, 5) is 0. The van der Waals surface area contributed by atoms with Gasteiger partial charge in [0, 0.05) is 0 Å². The molecule has 2 aliphatic rings. The molecular formula is C30H29Cl2FZr-2. The molecule has 0 fully saturated rings. The van der Waals surface area contributed by atoms with Crippen LogP contribution in [0.25, 0.3) is 11.1 Å². The van der Waals surface area contributed by atoms with E-state index in [1.165, 1.54) is 69.8 Å². The van der Waals surface area contributed by atoms with Gasteiger partial charge in [-0.25, -0.2) is 5.57 Å². The van der Waals surface area contributed by atoms with Crippen molar-refractivity contribution >= 4 is 3.71 Å². The molecule has 1 unspecified atom stereocenters. The molecule has 34 heavy (non-hydrogen) atoms. The van der Waals surface area contributed by atoms with E-state index in [0.717, 1.165) is 12.0 Å². The second kappa shape index (κ2) is 14.7. The van der Waals surface area contributed by atoms with Gasteiger partial charge in [0.1, 0.15) is 0 Å². The molecule has 0 spiro atoms. The van der Waals surface area contributed by atoms with E-state index < -0.39 is 0 Å². The van der Waals surface area contributed by atoms with Gasteiger partial charge in [-0.1, -0.05) is 74.9 Å². The van der Waals surface area contributed by atoms with E-state index in [0.29, 0.717) is 11.8 Å². The smallest absolute Gasteiger partial charge is 0.0253 e. The van der Waals surface area contributed by atoms with Crippen molar-refractivity contribution in [1.29, 1.82) is 0 Å². The van der Waals surface area contributed by atoms with E-state index in [4.69, 9.17) is 0 Å².